The first-order valence-electron chi connectivity index (χ1n) is 7.96. The van der Waals surface area contributed by atoms with Gasteiger partial charge in [0, 0.05) is 24.6 Å². The quantitative estimate of drug-likeness (QED) is 0.387. The second-order valence-electron chi connectivity index (χ2n) is 5.19. The standard InChI is InChI=1S/C18H20N2O4S2/c21-15-7-3-1-5-13(15)17(23)19-9-11-25-26-12-10-20-18(24)14-6-2-4-8-16(14)22/h1-8,21-22H,9-12H2,(H,19,23)(H,20,24). The molecular formula is C18H20N2O4S2. The van der Waals surface area contributed by atoms with Crippen molar-refractivity contribution in [2.45, 2.75) is 0 Å². The Bertz CT molecular complexity index is 692. The lowest BCUT2D eigenvalue weighted by Gasteiger charge is -2.07. The van der Waals surface area contributed by atoms with Crippen molar-refractivity contribution in [2.24, 2.45) is 0 Å². The lowest BCUT2D eigenvalue weighted by atomic mass is 10.2. The summed E-state index contributed by atoms with van der Waals surface area (Å²) in [7, 11) is 3.17. The minimum absolute atomic E-state index is 0.0350. The fourth-order valence-electron chi connectivity index (χ4n) is 2.05. The normalized spacial score (nSPS) is 10.3. The molecule has 0 radical (unpaired) electrons. The van der Waals surface area contributed by atoms with Gasteiger partial charge in [0.15, 0.2) is 0 Å². The second-order valence-corrected chi connectivity index (χ2v) is 7.89. The fraction of sp³-hybridized carbons (Fsp3) is 0.222. The first kappa shape index (κ1) is 20.0. The van der Waals surface area contributed by atoms with Crippen molar-refractivity contribution in [3.63, 3.8) is 0 Å². The van der Waals surface area contributed by atoms with Gasteiger partial charge in [-0.25, -0.2) is 0 Å². The molecule has 0 aliphatic carbocycles. The molecule has 0 unspecified atom stereocenters. The maximum Gasteiger partial charge on any atom is 0.255 e. The van der Waals surface area contributed by atoms with E-state index in [1.165, 1.54) is 12.1 Å². The molecule has 4 N–H and O–H groups in total. The van der Waals surface area contributed by atoms with Gasteiger partial charge in [0.25, 0.3) is 11.8 Å². The minimum atomic E-state index is -0.302. The molecule has 2 rings (SSSR count). The van der Waals surface area contributed by atoms with Gasteiger partial charge in [0.2, 0.25) is 0 Å². The van der Waals surface area contributed by atoms with E-state index in [-0.39, 0.29) is 34.4 Å². The van der Waals surface area contributed by atoms with E-state index in [1.54, 1.807) is 58.0 Å². The van der Waals surface area contributed by atoms with Gasteiger partial charge < -0.3 is 20.8 Å². The van der Waals surface area contributed by atoms with Gasteiger partial charge in [0.05, 0.1) is 11.1 Å². The van der Waals surface area contributed by atoms with E-state index in [1.807, 2.05) is 0 Å². The Morgan fingerprint density at radius 1 is 0.731 bits per heavy atom. The number of carbonyl (C=O) groups excluding carboxylic acids is 2. The monoisotopic (exact) mass is 392 g/mol. The zero-order chi connectivity index (χ0) is 18.8. The molecule has 0 saturated heterocycles. The number of nitrogens with one attached hydrogen (secondary N) is 2. The third kappa shape index (κ3) is 6.20. The number of carbonyl (C=O) groups is 2. The highest BCUT2D eigenvalue weighted by atomic mass is 33.1. The smallest absolute Gasteiger partial charge is 0.255 e. The lowest BCUT2D eigenvalue weighted by Crippen LogP contribution is -2.26. The second kappa shape index (κ2) is 10.6. The SMILES string of the molecule is O=C(NCCSSCCNC(=O)c1ccccc1O)c1ccccc1O. The van der Waals surface area contributed by atoms with Crippen molar-refractivity contribution >= 4 is 33.4 Å². The number of amides is 2. The van der Waals surface area contributed by atoms with Crippen LogP contribution in [-0.2, 0) is 0 Å². The highest BCUT2D eigenvalue weighted by Gasteiger charge is 2.10. The van der Waals surface area contributed by atoms with Gasteiger partial charge in [0.1, 0.15) is 11.5 Å². The van der Waals surface area contributed by atoms with Crippen LogP contribution in [0, 0.1) is 0 Å². The molecule has 0 spiro atoms. The Labute approximate surface area is 159 Å². The van der Waals surface area contributed by atoms with Crippen LogP contribution in [0.2, 0.25) is 0 Å². The first-order chi connectivity index (χ1) is 12.6. The molecule has 0 atom stereocenters. The lowest BCUT2D eigenvalue weighted by molar-refractivity contribution is 0.0945. The topological polar surface area (TPSA) is 98.7 Å². The first-order valence-corrected chi connectivity index (χ1v) is 10.4. The highest BCUT2D eigenvalue weighted by molar-refractivity contribution is 8.76. The molecule has 0 aliphatic rings. The number of hydrogen-bond acceptors (Lipinski definition) is 6. The molecule has 2 aromatic rings. The molecule has 2 amide bonds. The molecule has 2 aromatic carbocycles. The van der Waals surface area contributed by atoms with Gasteiger partial charge in [-0.05, 0) is 24.3 Å². The summed E-state index contributed by atoms with van der Waals surface area (Å²) in [6.45, 7) is 0.962. The number of aromatic hydroxyl groups is 2. The molecule has 0 aromatic heterocycles. The highest BCUT2D eigenvalue weighted by Crippen LogP contribution is 2.20. The van der Waals surface area contributed by atoms with Crippen LogP contribution < -0.4 is 10.6 Å². The van der Waals surface area contributed by atoms with Crippen LogP contribution in [0.3, 0.4) is 0 Å². The molecule has 0 bridgehead atoms. The van der Waals surface area contributed by atoms with Crippen LogP contribution in [-0.4, -0.2) is 46.6 Å². The van der Waals surface area contributed by atoms with E-state index in [4.69, 9.17) is 0 Å². The number of phenols is 2. The summed E-state index contributed by atoms with van der Waals surface area (Å²) >= 11 is 0. The average Bonchev–Trinajstić information content (AvgIpc) is 2.64. The van der Waals surface area contributed by atoms with Crippen LogP contribution in [0.1, 0.15) is 20.7 Å². The Balaban J connectivity index is 1.55. The van der Waals surface area contributed by atoms with Crippen molar-refractivity contribution in [1.82, 2.24) is 10.6 Å². The Morgan fingerprint density at radius 3 is 1.50 bits per heavy atom. The number of benzene rings is 2. The maximum absolute atomic E-state index is 11.9. The summed E-state index contributed by atoms with van der Waals surface area (Å²) < 4.78 is 0. The van der Waals surface area contributed by atoms with E-state index in [0.717, 1.165) is 0 Å². The van der Waals surface area contributed by atoms with Gasteiger partial charge in [-0.3, -0.25) is 9.59 Å². The van der Waals surface area contributed by atoms with Crippen molar-refractivity contribution in [3.8, 4) is 11.5 Å². The van der Waals surface area contributed by atoms with Crippen molar-refractivity contribution < 1.29 is 19.8 Å². The van der Waals surface area contributed by atoms with Crippen LogP contribution in [0.4, 0.5) is 0 Å². The van der Waals surface area contributed by atoms with Crippen molar-refractivity contribution in [1.29, 1.82) is 0 Å². The fourth-order valence-corrected chi connectivity index (χ4v) is 3.87. The van der Waals surface area contributed by atoms with Gasteiger partial charge in [-0.15, -0.1) is 0 Å². The third-order valence-corrected chi connectivity index (χ3v) is 5.73. The largest absolute Gasteiger partial charge is 0.507 e. The third-order valence-electron chi connectivity index (χ3n) is 3.32. The summed E-state index contributed by atoms with van der Waals surface area (Å²) in [5.74, 6) is 0.737. The van der Waals surface area contributed by atoms with E-state index in [2.05, 4.69) is 10.6 Å². The molecule has 6 nitrogen and oxygen atoms in total. The van der Waals surface area contributed by atoms with E-state index in [9.17, 15) is 19.8 Å². The summed E-state index contributed by atoms with van der Waals surface area (Å²) in [5, 5.41) is 24.7. The van der Waals surface area contributed by atoms with Crippen LogP contribution in [0.15, 0.2) is 48.5 Å². The summed E-state index contributed by atoms with van der Waals surface area (Å²) in [4.78, 5) is 23.8. The van der Waals surface area contributed by atoms with Crippen molar-refractivity contribution in [2.75, 3.05) is 24.6 Å². The summed E-state index contributed by atoms with van der Waals surface area (Å²) in [6, 6.07) is 12.8. The molecule has 138 valence electrons. The number of phenolic OH excluding ortho intramolecular Hbond substituents is 2. The van der Waals surface area contributed by atoms with E-state index in [0.29, 0.717) is 24.6 Å². The number of hydrogen-bond donors (Lipinski definition) is 4. The minimum Gasteiger partial charge on any atom is -0.507 e. The molecule has 0 saturated carbocycles. The zero-order valence-electron chi connectivity index (χ0n) is 14.0. The average molecular weight is 393 g/mol. The van der Waals surface area contributed by atoms with Crippen molar-refractivity contribution in [3.05, 3.63) is 59.7 Å². The van der Waals surface area contributed by atoms with Crippen LogP contribution >= 0.6 is 21.6 Å². The predicted molar refractivity (Wildman–Crippen MR) is 106 cm³/mol. The molecule has 0 aliphatic heterocycles. The zero-order valence-corrected chi connectivity index (χ0v) is 15.6. The molecule has 26 heavy (non-hydrogen) atoms. The maximum atomic E-state index is 11.9. The molecule has 0 fully saturated rings. The summed E-state index contributed by atoms with van der Waals surface area (Å²) in [5.41, 5.74) is 0.522. The van der Waals surface area contributed by atoms with Gasteiger partial charge in [-0.1, -0.05) is 45.9 Å². The number of para-hydroxylation sites is 2. The van der Waals surface area contributed by atoms with Crippen LogP contribution in [0.5, 0.6) is 11.5 Å². The summed E-state index contributed by atoms with van der Waals surface area (Å²) in [6.07, 6.45) is 0. The molecule has 8 heteroatoms. The Kier molecular flexibility index (Phi) is 8.17. The van der Waals surface area contributed by atoms with E-state index < -0.39 is 0 Å². The predicted octanol–water partition coefficient (Wildman–Crippen LogP) is 2.64. The van der Waals surface area contributed by atoms with Gasteiger partial charge >= 0.3 is 0 Å². The molecular weight excluding hydrogens is 372 g/mol. The van der Waals surface area contributed by atoms with Crippen LogP contribution in [0.25, 0.3) is 0 Å². The Hall–Kier alpha value is -2.32. The van der Waals surface area contributed by atoms with E-state index >= 15 is 0 Å². The molecule has 0 heterocycles. The Morgan fingerprint density at radius 2 is 1.12 bits per heavy atom. The van der Waals surface area contributed by atoms with Gasteiger partial charge in [-0.2, -0.15) is 0 Å². The number of rotatable bonds is 9.